The number of ether oxygens (including phenoxy) is 1. The van der Waals surface area contributed by atoms with Crippen LogP contribution < -0.4 is 4.74 Å². The number of nitriles is 1. The summed E-state index contributed by atoms with van der Waals surface area (Å²) in [7, 11) is 0. The lowest BCUT2D eigenvalue weighted by molar-refractivity contribution is 0.192. The predicted molar refractivity (Wildman–Crippen MR) is 130 cm³/mol. The maximum absolute atomic E-state index is 12.6. The molecule has 2 heterocycles. The fourth-order valence-electron chi connectivity index (χ4n) is 5.11. The predicted octanol–water partition coefficient (Wildman–Crippen LogP) is 6.39. The largest absolute Gasteiger partial charge is 0.463 e. The molecular formula is C29H27FN2O2. The maximum Gasteiger partial charge on any atom is 0.228 e. The van der Waals surface area contributed by atoms with Crippen LogP contribution in [0.5, 0.6) is 5.75 Å². The zero-order valence-corrected chi connectivity index (χ0v) is 19.0. The van der Waals surface area contributed by atoms with Crippen LogP contribution >= 0.6 is 0 Å². The molecule has 0 radical (unpaired) electrons. The van der Waals surface area contributed by atoms with Crippen molar-refractivity contribution in [3.8, 4) is 11.8 Å². The number of alkyl halides is 1. The van der Waals surface area contributed by atoms with E-state index in [4.69, 9.17) is 9.15 Å². The van der Waals surface area contributed by atoms with Crippen LogP contribution in [-0.4, -0.2) is 24.9 Å². The van der Waals surface area contributed by atoms with Crippen molar-refractivity contribution in [1.82, 2.24) is 4.90 Å². The summed E-state index contributed by atoms with van der Waals surface area (Å²) in [5.41, 5.74) is 3.36. The van der Waals surface area contributed by atoms with Crippen molar-refractivity contribution >= 4 is 11.0 Å². The average molecular weight is 455 g/mol. The summed E-state index contributed by atoms with van der Waals surface area (Å²) in [4.78, 5) is 2.41. The van der Waals surface area contributed by atoms with Gasteiger partial charge in [0.25, 0.3) is 0 Å². The summed E-state index contributed by atoms with van der Waals surface area (Å²) >= 11 is 0. The molecule has 3 aromatic carbocycles. The normalized spacial score (nSPS) is 14.0. The first-order chi connectivity index (χ1) is 16.7. The van der Waals surface area contributed by atoms with Gasteiger partial charge in [-0.2, -0.15) is 5.26 Å². The van der Waals surface area contributed by atoms with E-state index in [-0.39, 0.29) is 0 Å². The lowest BCUT2D eigenvalue weighted by Gasteiger charge is -2.30. The number of nitrogens with zero attached hydrogens (tertiary/aromatic N) is 2. The molecular weight excluding hydrogens is 427 g/mol. The Morgan fingerprint density at radius 3 is 2.35 bits per heavy atom. The molecule has 172 valence electrons. The zero-order valence-electron chi connectivity index (χ0n) is 19.0. The molecule has 0 N–H and O–H groups in total. The van der Waals surface area contributed by atoms with Crippen molar-refractivity contribution in [2.75, 3.05) is 20.0 Å². The molecule has 1 aliphatic heterocycles. The van der Waals surface area contributed by atoms with E-state index in [1.807, 2.05) is 48.5 Å². The Morgan fingerprint density at radius 2 is 1.71 bits per heavy atom. The van der Waals surface area contributed by atoms with Crippen molar-refractivity contribution in [2.45, 2.75) is 31.2 Å². The molecule has 0 spiro atoms. The Balaban J connectivity index is 1.34. The summed E-state index contributed by atoms with van der Waals surface area (Å²) in [5, 5.41) is 11.4. The lowest BCUT2D eigenvalue weighted by Crippen LogP contribution is -2.33. The van der Waals surface area contributed by atoms with E-state index in [1.165, 1.54) is 0 Å². The van der Waals surface area contributed by atoms with Gasteiger partial charge in [-0.25, -0.2) is 4.39 Å². The number of hydrogen-bond acceptors (Lipinski definition) is 4. The summed E-state index contributed by atoms with van der Waals surface area (Å²) in [6.07, 6.45) is 2.46. The molecule has 4 nitrogen and oxygen atoms in total. The van der Waals surface area contributed by atoms with Crippen LogP contribution in [0.1, 0.15) is 35.3 Å². The molecule has 0 bridgehead atoms. The van der Waals surface area contributed by atoms with Crippen LogP contribution in [0.2, 0.25) is 0 Å². The van der Waals surface area contributed by atoms with E-state index in [0.717, 1.165) is 72.3 Å². The molecule has 5 rings (SSSR count). The van der Waals surface area contributed by atoms with E-state index in [9.17, 15) is 9.65 Å². The SMILES string of the molecule is N#CC(CCCN1CCc2oc3ccc(OCF)cc3c2C1)(c1ccccc1)c1ccccc1. The van der Waals surface area contributed by atoms with Crippen molar-refractivity contribution in [1.29, 1.82) is 5.26 Å². The minimum Gasteiger partial charge on any atom is -0.463 e. The third kappa shape index (κ3) is 4.18. The highest BCUT2D eigenvalue weighted by Gasteiger charge is 2.34. The third-order valence-corrected chi connectivity index (χ3v) is 6.85. The third-order valence-electron chi connectivity index (χ3n) is 6.85. The van der Waals surface area contributed by atoms with Crippen LogP contribution in [0.15, 0.2) is 83.3 Å². The Labute approximate surface area is 199 Å². The second-order valence-corrected chi connectivity index (χ2v) is 8.79. The van der Waals surface area contributed by atoms with E-state index < -0.39 is 12.3 Å². The molecule has 0 fully saturated rings. The van der Waals surface area contributed by atoms with Crippen LogP contribution in [0, 0.1) is 11.3 Å². The van der Waals surface area contributed by atoms with Gasteiger partial charge in [-0.05, 0) is 48.7 Å². The molecule has 0 saturated heterocycles. The highest BCUT2D eigenvalue weighted by atomic mass is 19.1. The van der Waals surface area contributed by atoms with Gasteiger partial charge in [-0.15, -0.1) is 0 Å². The quantitative estimate of drug-likeness (QED) is 0.310. The number of rotatable bonds is 8. The monoisotopic (exact) mass is 454 g/mol. The summed E-state index contributed by atoms with van der Waals surface area (Å²) in [6.45, 7) is 1.73. The molecule has 0 amide bonds. The first-order valence-corrected chi connectivity index (χ1v) is 11.7. The molecule has 0 aliphatic carbocycles. The number of halogens is 1. The van der Waals surface area contributed by atoms with E-state index in [2.05, 4.69) is 35.2 Å². The van der Waals surface area contributed by atoms with Gasteiger partial charge in [0.15, 0.2) is 0 Å². The fraction of sp³-hybridized carbons (Fsp3) is 0.276. The summed E-state index contributed by atoms with van der Waals surface area (Å²) in [5.74, 6) is 1.52. The number of hydrogen-bond donors (Lipinski definition) is 0. The molecule has 5 heteroatoms. The van der Waals surface area contributed by atoms with E-state index in [1.54, 1.807) is 6.07 Å². The summed E-state index contributed by atoms with van der Waals surface area (Å²) in [6, 6.07) is 28.3. The molecule has 0 unspecified atom stereocenters. The van der Waals surface area contributed by atoms with Gasteiger partial charge in [0.2, 0.25) is 6.86 Å². The molecule has 34 heavy (non-hydrogen) atoms. The number of furan rings is 1. The van der Waals surface area contributed by atoms with E-state index >= 15 is 0 Å². The van der Waals surface area contributed by atoms with Gasteiger partial charge in [0.05, 0.1) is 6.07 Å². The Bertz CT molecular complexity index is 1250. The highest BCUT2D eigenvalue weighted by molar-refractivity contribution is 5.84. The maximum atomic E-state index is 12.6. The zero-order chi connectivity index (χ0) is 23.4. The van der Waals surface area contributed by atoms with Crippen LogP contribution in [0.4, 0.5) is 4.39 Å². The van der Waals surface area contributed by atoms with E-state index in [0.29, 0.717) is 5.75 Å². The second-order valence-electron chi connectivity index (χ2n) is 8.79. The lowest BCUT2D eigenvalue weighted by atomic mass is 9.72. The minimum absolute atomic E-state index is 0.514. The van der Waals surface area contributed by atoms with Crippen molar-refractivity contribution in [3.05, 3.63) is 101 Å². The molecule has 1 aromatic heterocycles. The molecule has 1 aliphatic rings. The first kappa shape index (κ1) is 22.2. The molecule has 0 atom stereocenters. The topological polar surface area (TPSA) is 49.4 Å². The van der Waals surface area contributed by atoms with Crippen LogP contribution in [-0.2, 0) is 18.4 Å². The van der Waals surface area contributed by atoms with Gasteiger partial charge in [0.1, 0.15) is 22.5 Å². The highest BCUT2D eigenvalue weighted by Crippen LogP contribution is 2.37. The standard InChI is InChI=1S/C29H27FN2O2/c30-21-33-24-12-13-27-25(18-24)26-19-32(17-14-28(26)34-27)16-7-15-29(20-31,22-8-3-1-4-9-22)23-10-5-2-6-11-23/h1-6,8-13,18H,7,14-17,19,21H2. The van der Waals surface area contributed by atoms with Crippen LogP contribution in [0.3, 0.4) is 0 Å². The Morgan fingerprint density at radius 1 is 1.00 bits per heavy atom. The smallest absolute Gasteiger partial charge is 0.228 e. The molecule has 0 saturated carbocycles. The second kappa shape index (κ2) is 9.70. The minimum atomic E-state index is -0.846. The van der Waals surface area contributed by atoms with Gasteiger partial charge < -0.3 is 9.15 Å². The summed E-state index contributed by atoms with van der Waals surface area (Å²) < 4.78 is 23.7. The number of benzene rings is 3. The van der Waals surface area contributed by atoms with Gasteiger partial charge >= 0.3 is 0 Å². The van der Waals surface area contributed by atoms with Crippen molar-refractivity contribution in [2.24, 2.45) is 0 Å². The molecule has 4 aromatic rings. The van der Waals surface area contributed by atoms with Gasteiger partial charge in [-0.3, -0.25) is 4.90 Å². The first-order valence-electron chi connectivity index (χ1n) is 11.7. The Kier molecular flexibility index (Phi) is 6.33. The van der Waals surface area contributed by atoms with Crippen molar-refractivity contribution in [3.63, 3.8) is 0 Å². The Hall–Kier alpha value is -3.62. The average Bonchev–Trinajstić information content (AvgIpc) is 3.25. The van der Waals surface area contributed by atoms with Crippen molar-refractivity contribution < 1.29 is 13.5 Å². The van der Waals surface area contributed by atoms with Gasteiger partial charge in [-0.1, -0.05) is 60.7 Å². The number of fused-ring (bicyclic) bond motifs is 3. The van der Waals surface area contributed by atoms with Gasteiger partial charge in [0, 0.05) is 30.5 Å². The van der Waals surface area contributed by atoms with Crippen LogP contribution in [0.25, 0.3) is 11.0 Å². The fourth-order valence-corrected chi connectivity index (χ4v) is 5.11.